The van der Waals surface area contributed by atoms with Crippen molar-refractivity contribution in [3.8, 4) is 0 Å². The summed E-state index contributed by atoms with van der Waals surface area (Å²) in [4.78, 5) is 26.4. The normalized spacial score (nSPS) is 19.7. The van der Waals surface area contributed by atoms with Gasteiger partial charge in [-0.1, -0.05) is 18.2 Å². The lowest BCUT2D eigenvalue weighted by molar-refractivity contribution is -0.137. The average Bonchev–Trinajstić information content (AvgIpc) is 3.12. The topological polar surface area (TPSA) is 51.5 Å². The van der Waals surface area contributed by atoms with Gasteiger partial charge in [-0.15, -0.1) is 0 Å². The largest absolute Gasteiger partial charge is 0.381 e. The molecule has 0 N–H and O–H groups in total. The molecule has 0 radical (unpaired) electrons. The molecule has 0 atom stereocenters. The van der Waals surface area contributed by atoms with E-state index < -0.39 is 0 Å². The molecule has 2 aromatic rings. The predicted molar refractivity (Wildman–Crippen MR) is 86.5 cm³/mol. The lowest BCUT2D eigenvalue weighted by Crippen LogP contribution is -2.37. The van der Waals surface area contributed by atoms with Crippen LogP contribution < -0.4 is 0 Å². The zero-order valence-corrected chi connectivity index (χ0v) is 12.8. The van der Waals surface area contributed by atoms with E-state index in [1.54, 1.807) is 4.57 Å². The SMILES string of the molecule is O=C1C=C(n2ccc3ccccc32)C(=O)N1CC1CCOCC1. The minimum Gasteiger partial charge on any atom is -0.381 e. The molecule has 5 nitrogen and oxygen atoms in total. The molecule has 1 aromatic carbocycles. The molecule has 2 aliphatic heterocycles. The molecular weight excluding hydrogens is 292 g/mol. The summed E-state index contributed by atoms with van der Waals surface area (Å²) in [7, 11) is 0. The molecule has 3 heterocycles. The zero-order chi connectivity index (χ0) is 15.8. The van der Waals surface area contributed by atoms with Crippen molar-refractivity contribution < 1.29 is 14.3 Å². The van der Waals surface area contributed by atoms with Gasteiger partial charge in [-0.25, -0.2) is 0 Å². The Labute approximate surface area is 134 Å². The fourth-order valence-electron chi connectivity index (χ4n) is 3.32. The van der Waals surface area contributed by atoms with Gasteiger partial charge < -0.3 is 9.30 Å². The Morgan fingerprint density at radius 3 is 2.70 bits per heavy atom. The van der Waals surface area contributed by atoms with E-state index in [9.17, 15) is 9.59 Å². The molecule has 0 aliphatic carbocycles. The van der Waals surface area contributed by atoms with Crippen LogP contribution in [0.25, 0.3) is 16.6 Å². The van der Waals surface area contributed by atoms with Crippen LogP contribution in [0, 0.1) is 5.92 Å². The molecule has 23 heavy (non-hydrogen) atoms. The lowest BCUT2D eigenvalue weighted by atomic mass is 10.00. The smallest absolute Gasteiger partial charge is 0.277 e. The third-order valence-electron chi connectivity index (χ3n) is 4.63. The molecule has 5 heteroatoms. The number of amides is 2. The zero-order valence-electron chi connectivity index (χ0n) is 12.8. The van der Waals surface area contributed by atoms with Crippen LogP contribution in [-0.4, -0.2) is 41.0 Å². The van der Waals surface area contributed by atoms with E-state index >= 15 is 0 Å². The summed E-state index contributed by atoms with van der Waals surface area (Å²) in [5.74, 6) is -0.0806. The number of benzene rings is 1. The van der Waals surface area contributed by atoms with E-state index in [0.29, 0.717) is 31.4 Å². The Hall–Kier alpha value is -2.40. The van der Waals surface area contributed by atoms with E-state index in [2.05, 4.69) is 0 Å². The quantitative estimate of drug-likeness (QED) is 0.817. The molecule has 4 rings (SSSR count). The molecule has 2 aliphatic rings. The van der Waals surface area contributed by atoms with Crippen molar-refractivity contribution in [2.45, 2.75) is 12.8 Å². The number of para-hydroxylation sites is 1. The summed E-state index contributed by atoms with van der Waals surface area (Å²) in [5.41, 5.74) is 1.37. The molecule has 0 unspecified atom stereocenters. The Balaban J connectivity index is 1.60. The van der Waals surface area contributed by atoms with Gasteiger partial charge in [-0.3, -0.25) is 14.5 Å². The summed E-state index contributed by atoms with van der Waals surface area (Å²) < 4.78 is 7.15. The Morgan fingerprint density at radius 2 is 1.87 bits per heavy atom. The first-order valence-corrected chi connectivity index (χ1v) is 7.96. The van der Waals surface area contributed by atoms with Gasteiger partial charge >= 0.3 is 0 Å². The van der Waals surface area contributed by atoms with Crippen molar-refractivity contribution in [2.24, 2.45) is 5.92 Å². The number of carbonyl (C=O) groups excluding carboxylic acids is 2. The number of hydrogen-bond donors (Lipinski definition) is 0. The van der Waals surface area contributed by atoms with Crippen molar-refractivity contribution in [1.82, 2.24) is 9.47 Å². The minimum absolute atomic E-state index is 0.206. The second kappa shape index (κ2) is 5.66. The van der Waals surface area contributed by atoms with E-state index in [-0.39, 0.29) is 11.8 Å². The van der Waals surface area contributed by atoms with Crippen molar-refractivity contribution in [2.75, 3.05) is 19.8 Å². The Morgan fingerprint density at radius 1 is 1.09 bits per heavy atom. The molecule has 1 aromatic heterocycles. The van der Waals surface area contributed by atoms with E-state index in [4.69, 9.17) is 4.74 Å². The summed E-state index contributed by atoms with van der Waals surface area (Å²) in [5, 5.41) is 1.05. The van der Waals surface area contributed by atoms with Gasteiger partial charge in [0.25, 0.3) is 11.8 Å². The van der Waals surface area contributed by atoms with Gasteiger partial charge in [0, 0.05) is 32.0 Å². The van der Waals surface area contributed by atoms with Crippen LogP contribution in [0.3, 0.4) is 0 Å². The molecule has 1 saturated heterocycles. The Bertz CT molecular complexity index is 799. The fraction of sp³-hybridized carbons (Fsp3) is 0.333. The Kier molecular flexibility index (Phi) is 3.50. The molecule has 0 saturated carbocycles. The van der Waals surface area contributed by atoms with Crippen molar-refractivity contribution in [3.63, 3.8) is 0 Å². The maximum atomic E-state index is 12.7. The van der Waals surface area contributed by atoms with Crippen LogP contribution in [0.1, 0.15) is 12.8 Å². The number of nitrogens with zero attached hydrogens (tertiary/aromatic N) is 2. The standard InChI is InChI=1S/C18H18N2O3/c21-17-11-16(19-8-5-14-3-1-2-4-15(14)19)18(22)20(17)12-13-6-9-23-10-7-13/h1-5,8,11,13H,6-7,9-10,12H2. The highest BCUT2D eigenvalue weighted by atomic mass is 16.5. The van der Waals surface area contributed by atoms with Crippen LogP contribution in [0.2, 0.25) is 0 Å². The average molecular weight is 310 g/mol. The second-order valence-electron chi connectivity index (χ2n) is 6.08. The number of hydrogen-bond acceptors (Lipinski definition) is 3. The van der Waals surface area contributed by atoms with Gasteiger partial charge in [0.05, 0.1) is 5.52 Å². The van der Waals surface area contributed by atoms with E-state index in [0.717, 1.165) is 23.7 Å². The first-order valence-electron chi connectivity index (χ1n) is 7.96. The lowest BCUT2D eigenvalue weighted by Gasteiger charge is -2.26. The van der Waals surface area contributed by atoms with Crippen LogP contribution in [0.4, 0.5) is 0 Å². The number of imide groups is 1. The van der Waals surface area contributed by atoms with Gasteiger partial charge in [-0.05, 0) is 36.3 Å². The van der Waals surface area contributed by atoms with Crippen LogP contribution in [0.5, 0.6) is 0 Å². The molecule has 1 fully saturated rings. The van der Waals surface area contributed by atoms with Crippen LogP contribution in [0.15, 0.2) is 42.6 Å². The third-order valence-corrected chi connectivity index (χ3v) is 4.63. The highest BCUT2D eigenvalue weighted by Crippen LogP contribution is 2.26. The number of carbonyl (C=O) groups is 2. The van der Waals surface area contributed by atoms with E-state index in [1.807, 2.05) is 36.5 Å². The van der Waals surface area contributed by atoms with Crippen molar-refractivity contribution in [3.05, 3.63) is 42.6 Å². The number of fused-ring (bicyclic) bond motifs is 1. The monoisotopic (exact) mass is 310 g/mol. The van der Waals surface area contributed by atoms with Crippen LogP contribution in [-0.2, 0) is 14.3 Å². The highest BCUT2D eigenvalue weighted by molar-refractivity contribution is 6.30. The van der Waals surface area contributed by atoms with Gasteiger partial charge in [0.2, 0.25) is 0 Å². The predicted octanol–water partition coefficient (Wildman–Crippen LogP) is 2.28. The first-order chi connectivity index (χ1) is 11.2. The van der Waals surface area contributed by atoms with Gasteiger partial charge in [0.1, 0.15) is 5.70 Å². The molecule has 0 spiro atoms. The fourth-order valence-corrected chi connectivity index (χ4v) is 3.32. The molecule has 2 amide bonds. The summed E-state index contributed by atoms with van der Waals surface area (Å²) in [6.45, 7) is 1.91. The summed E-state index contributed by atoms with van der Waals surface area (Å²) in [6, 6.07) is 9.79. The maximum absolute atomic E-state index is 12.7. The summed E-state index contributed by atoms with van der Waals surface area (Å²) in [6.07, 6.45) is 5.10. The van der Waals surface area contributed by atoms with Crippen molar-refractivity contribution >= 4 is 28.4 Å². The molecule has 0 bridgehead atoms. The molecule has 118 valence electrons. The maximum Gasteiger partial charge on any atom is 0.277 e. The van der Waals surface area contributed by atoms with E-state index in [1.165, 1.54) is 11.0 Å². The summed E-state index contributed by atoms with van der Waals surface area (Å²) >= 11 is 0. The first kappa shape index (κ1) is 14.2. The highest BCUT2D eigenvalue weighted by Gasteiger charge is 2.34. The third kappa shape index (κ3) is 2.47. The number of rotatable bonds is 3. The number of ether oxygens (including phenoxy) is 1. The molecular formula is C18H18N2O3. The van der Waals surface area contributed by atoms with Crippen molar-refractivity contribution in [1.29, 1.82) is 0 Å². The van der Waals surface area contributed by atoms with Crippen LogP contribution >= 0.6 is 0 Å². The second-order valence-corrected chi connectivity index (χ2v) is 6.08. The number of aromatic nitrogens is 1. The van der Waals surface area contributed by atoms with Gasteiger partial charge in [-0.2, -0.15) is 0 Å². The minimum atomic E-state index is -0.214. The van der Waals surface area contributed by atoms with Gasteiger partial charge in [0.15, 0.2) is 0 Å².